The maximum atomic E-state index is 11.5. The summed E-state index contributed by atoms with van der Waals surface area (Å²) >= 11 is 0. The summed E-state index contributed by atoms with van der Waals surface area (Å²) in [6.45, 7) is 1.79. The van der Waals surface area contributed by atoms with Gasteiger partial charge in [0.15, 0.2) is 0 Å². The molecule has 0 saturated heterocycles. The Labute approximate surface area is 101 Å². The molecule has 0 aromatic heterocycles. The van der Waals surface area contributed by atoms with E-state index in [2.05, 4.69) is 9.46 Å². The molecule has 0 fully saturated rings. The molecular weight excluding hydrogens is 242 g/mol. The van der Waals surface area contributed by atoms with Crippen molar-refractivity contribution in [2.24, 2.45) is 0 Å². The van der Waals surface area contributed by atoms with Crippen molar-refractivity contribution in [3.63, 3.8) is 0 Å². The second-order valence-corrected chi connectivity index (χ2v) is 5.33. The quantitative estimate of drug-likeness (QED) is 0.814. The van der Waals surface area contributed by atoms with E-state index in [1.807, 2.05) is 0 Å². The van der Waals surface area contributed by atoms with Crippen LogP contribution in [-0.4, -0.2) is 27.2 Å². The molecule has 1 rings (SSSR count). The topological polar surface area (TPSA) is 72.5 Å². The van der Waals surface area contributed by atoms with Gasteiger partial charge in [0.05, 0.1) is 18.4 Å². The van der Waals surface area contributed by atoms with Crippen LogP contribution in [0.1, 0.15) is 23.7 Å². The zero-order valence-corrected chi connectivity index (χ0v) is 10.6. The average Bonchev–Trinajstić information content (AvgIpc) is 2.28. The first-order valence-electron chi connectivity index (χ1n) is 5.17. The van der Waals surface area contributed by atoms with E-state index in [1.165, 1.54) is 31.4 Å². The number of carbonyl (C=O) groups excluding carboxylic acids is 1. The number of carbonyl (C=O) groups is 1. The van der Waals surface area contributed by atoms with Crippen LogP contribution < -0.4 is 4.72 Å². The highest BCUT2D eigenvalue weighted by molar-refractivity contribution is 7.92. The number of sulfonamides is 1. The van der Waals surface area contributed by atoms with E-state index < -0.39 is 16.0 Å². The summed E-state index contributed by atoms with van der Waals surface area (Å²) in [5, 5.41) is 0. The normalized spacial score (nSPS) is 10.9. The van der Waals surface area contributed by atoms with Gasteiger partial charge in [-0.1, -0.05) is 6.92 Å². The van der Waals surface area contributed by atoms with Crippen LogP contribution in [0.2, 0.25) is 0 Å². The number of rotatable bonds is 5. The average molecular weight is 257 g/mol. The Bertz CT molecular complexity index is 479. The first-order chi connectivity index (χ1) is 7.98. The molecule has 6 heteroatoms. The predicted molar refractivity (Wildman–Crippen MR) is 65.5 cm³/mol. The highest BCUT2D eigenvalue weighted by atomic mass is 32.2. The molecule has 0 aliphatic carbocycles. The molecule has 0 bridgehead atoms. The minimum Gasteiger partial charge on any atom is -0.465 e. The van der Waals surface area contributed by atoms with Gasteiger partial charge in [0.1, 0.15) is 0 Å². The number of hydrogen-bond acceptors (Lipinski definition) is 4. The molecule has 1 aromatic rings. The summed E-state index contributed by atoms with van der Waals surface area (Å²) in [6, 6.07) is 6.07. The second-order valence-electron chi connectivity index (χ2n) is 3.49. The maximum Gasteiger partial charge on any atom is 0.337 e. The molecular formula is C11H15NO4S. The number of benzene rings is 1. The van der Waals surface area contributed by atoms with Gasteiger partial charge in [-0.25, -0.2) is 13.2 Å². The Morgan fingerprint density at radius 1 is 1.29 bits per heavy atom. The standard InChI is InChI=1S/C11H15NO4S/c1-3-8-17(14,15)12-10-6-4-9(5-7-10)11(13)16-2/h4-7,12H,3,8H2,1-2H3. The molecule has 0 unspecified atom stereocenters. The summed E-state index contributed by atoms with van der Waals surface area (Å²) in [5.74, 6) is -0.376. The van der Waals surface area contributed by atoms with Gasteiger partial charge in [0, 0.05) is 5.69 Å². The summed E-state index contributed by atoms with van der Waals surface area (Å²) in [6.07, 6.45) is 0.551. The molecule has 0 atom stereocenters. The fraction of sp³-hybridized carbons (Fsp3) is 0.364. The highest BCUT2D eigenvalue weighted by Gasteiger charge is 2.09. The van der Waals surface area contributed by atoms with Crippen LogP contribution in [0.3, 0.4) is 0 Å². The molecule has 0 heterocycles. The Balaban J connectivity index is 2.79. The van der Waals surface area contributed by atoms with Crippen LogP contribution in [0.15, 0.2) is 24.3 Å². The van der Waals surface area contributed by atoms with E-state index in [9.17, 15) is 13.2 Å². The lowest BCUT2D eigenvalue weighted by Crippen LogP contribution is -2.16. The van der Waals surface area contributed by atoms with Crippen LogP contribution in [0, 0.1) is 0 Å². The number of ether oxygens (including phenoxy) is 1. The van der Waals surface area contributed by atoms with Gasteiger partial charge in [-0.3, -0.25) is 4.72 Å². The fourth-order valence-electron chi connectivity index (χ4n) is 1.29. The van der Waals surface area contributed by atoms with Crippen LogP contribution >= 0.6 is 0 Å². The van der Waals surface area contributed by atoms with Crippen LogP contribution in [0.25, 0.3) is 0 Å². The van der Waals surface area contributed by atoms with E-state index in [0.717, 1.165) is 0 Å². The number of nitrogens with one attached hydrogen (secondary N) is 1. The van der Waals surface area contributed by atoms with E-state index >= 15 is 0 Å². The lowest BCUT2D eigenvalue weighted by atomic mass is 10.2. The third-order valence-corrected chi connectivity index (χ3v) is 3.54. The zero-order valence-electron chi connectivity index (χ0n) is 9.76. The highest BCUT2D eigenvalue weighted by Crippen LogP contribution is 2.12. The number of anilines is 1. The molecule has 1 aromatic carbocycles. The van der Waals surface area contributed by atoms with Gasteiger partial charge in [-0.15, -0.1) is 0 Å². The number of esters is 1. The fourth-order valence-corrected chi connectivity index (χ4v) is 2.43. The van der Waals surface area contributed by atoms with E-state index in [1.54, 1.807) is 6.92 Å². The van der Waals surface area contributed by atoms with Crippen molar-refractivity contribution in [1.29, 1.82) is 0 Å². The number of methoxy groups -OCH3 is 1. The second kappa shape index (κ2) is 5.67. The van der Waals surface area contributed by atoms with Gasteiger partial charge >= 0.3 is 5.97 Å². The van der Waals surface area contributed by atoms with Crippen molar-refractivity contribution in [3.8, 4) is 0 Å². The third kappa shape index (κ3) is 4.07. The molecule has 0 saturated carbocycles. The van der Waals surface area contributed by atoms with E-state index in [4.69, 9.17) is 0 Å². The monoisotopic (exact) mass is 257 g/mol. The Hall–Kier alpha value is -1.56. The summed E-state index contributed by atoms with van der Waals surface area (Å²) in [4.78, 5) is 11.2. The van der Waals surface area contributed by atoms with Crippen molar-refractivity contribution >= 4 is 21.7 Å². The SMILES string of the molecule is CCCS(=O)(=O)Nc1ccc(C(=O)OC)cc1. The first-order valence-corrected chi connectivity index (χ1v) is 6.82. The van der Waals surface area contributed by atoms with Gasteiger partial charge in [0.25, 0.3) is 0 Å². The van der Waals surface area contributed by atoms with Crippen LogP contribution in [-0.2, 0) is 14.8 Å². The first kappa shape index (κ1) is 13.5. The Kier molecular flexibility index (Phi) is 4.51. The number of hydrogen-bond donors (Lipinski definition) is 1. The van der Waals surface area contributed by atoms with E-state index in [0.29, 0.717) is 17.7 Å². The minimum atomic E-state index is -3.29. The molecule has 1 N–H and O–H groups in total. The molecule has 17 heavy (non-hydrogen) atoms. The Morgan fingerprint density at radius 3 is 2.35 bits per heavy atom. The predicted octanol–water partition coefficient (Wildman–Crippen LogP) is 1.62. The van der Waals surface area contributed by atoms with Gasteiger partial charge in [0.2, 0.25) is 10.0 Å². The molecule has 0 radical (unpaired) electrons. The molecule has 0 amide bonds. The molecule has 94 valence electrons. The largest absolute Gasteiger partial charge is 0.465 e. The van der Waals surface area contributed by atoms with E-state index in [-0.39, 0.29) is 5.75 Å². The maximum absolute atomic E-state index is 11.5. The van der Waals surface area contributed by atoms with Crippen molar-refractivity contribution in [2.45, 2.75) is 13.3 Å². The molecule has 0 spiro atoms. The van der Waals surface area contributed by atoms with Gasteiger partial charge < -0.3 is 4.74 Å². The van der Waals surface area contributed by atoms with Crippen molar-refractivity contribution in [3.05, 3.63) is 29.8 Å². The minimum absolute atomic E-state index is 0.0752. The lowest BCUT2D eigenvalue weighted by Gasteiger charge is -2.07. The Morgan fingerprint density at radius 2 is 1.88 bits per heavy atom. The van der Waals surface area contributed by atoms with Crippen molar-refractivity contribution in [2.75, 3.05) is 17.6 Å². The zero-order chi connectivity index (χ0) is 12.9. The molecule has 5 nitrogen and oxygen atoms in total. The molecule has 0 aliphatic rings. The van der Waals surface area contributed by atoms with Crippen LogP contribution in [0.5, 0.6) is 0 Å². The smallest absolute Gasteiger partial charge is 0.337 e. The molecule has 0 aliphatic heterocycles. The van der Waals surface area contributed by atoms with Crippen molar-refractivity contribution < 1.29 is 17.9 Å². The summed E-state index contributed by atoms with van der Waals surface area (Å²) in [5.41, 5.74) is 0.817. The summed E-state index contributed by atoms with van der Waals surface area (Å²) in [7, 11) is -2.00. The van der Waals surface area contributed by atoms with Gasteiger partial charge in [-0.2, -0.15) is 0 Å². The summed E-state index contributed by atoms with van der Waals surface area (Å²) < 4.78 is 29.9. The third-order valence-electron chi connectivity index (χ3n) is 2.05. The van der Waals surface area contributed by atoms with Crippen LogP contribution in [0.4, 0.5) is 5.69 Å². The van der Waals surface area contributed by atoms with Crippen molar-refractivity contribution in [1.82, 2.24) is 0 Å². The van der Waals surface area contributed by atoms with Gasteiger partial charge in [-0.05, 0) is 30.7 Å². The lowest BCUT2D eigenvalue weighted by molar-refractivity contribution is 0.0601.